The zero-order valence-corrected chi connectivity index (χ0v) is 14.4. The molecule has 0 saturated carbocycles. The third kappa shape index (κ3) is 3.30. The van der Waals surface area contributed by atoms with Crippen LogP contribution in [0.4, 0.5) is 10.3 Å². The van der Waals surface area contributed by atoms with E-state index in [4.69, 9.17) is 9.97 Å². The molecule has 0 aliphatic rings. The normalized spacial score (nSPS) is 11.1. The van der Waals surface area contributed by atoms with Crippen LogP contribution in [0.25, 0.3) is 10.6 Å². The summed E-state index contributed by atoms with van der Waals surface area (Å²) in [5.41, 5.74) is 2.19. The number of hydrogen-bond acceptors (Lipinski definition) is 6. The molecule has 2 aromatic heterocycles. The van der Waals surface area contributed by atoms with Gasteiger partial charge in [0.15, 0.2) is 10.3 Å². The summed E-state index contributed by atoms with van der Waals surface area (Å²) in [7, 11) is 4.06. The van der Waals surface area contributed by atoms with E-state index in [9.17, 15) is 0 Å². The Bertz CT molecular complexity index is 557. The minimum Gasteiger partial charge on any atom is -0.362 e. The first kappa shape index (κ1) is 15.3. The van der Waals surface area contributed by atoms with E-state index < -0.39 is 0 Å². The van der Waals surface area contributed by atoms with Crippen LogP contribution in [0.15, 0.2) is 5.38 Å². The van der Waals surface area contributed by atoms with Crippen molar-refractivity contribution in [1.82, 2.24) is 9.97 Å². The Labute approximate surface area is 128 Å². The molecular formula is C14H22N4S2. The van der Waals surface area contributed by atoms with E-state index in [1.165, 1.54) is 4.88 Å². The van der Waals surface area contributed by atoms with Gasteiger partial charge in [-0.25, -0.2) is 9.97 Å². The topological polar surface area (TPSA) is 41.1 Å². The highest BCUT2D eigenvalue weighted by Gasteiger charge is 2.18. The zero-order valence-electron chi connectivity index (χ0n) is 12.7. The monoisotopic (exact) mass is 310 g/mol. The van der Waals surface area contributed by atoms with Gasteiger partial charge in [0.25, 0.3) is 0 Å². The van der Waals surface area contributed by atoms with Crippen molar-refractivity contribution in [1.29, 1.82) is 0 Å². The number of nitrogens with one attached hydrogen (secondary N) is 1. The van der Waals surface area contributed by atoms with E-state index in [1.54, 1.807) is 22.7 Å². The summed E-state index contributed by atoms with van der Waals surface area (Å²) < 4.78 is 0. The Balaban J connectivity index is 2.33. The SMILES string of the molecule is CCCNc1nc(-c2sc(N(C)C)nc2C(C)C)cs1. The molecule has 2 aromatic rings. The van der Waals surface area contributed by atoms with Crippen LogP contribution in [0.5, 0.6) is 0 Å². The molecule has 0 spiro atoms. The summed E-state index contributed by atoms with van der Waals surface area (Å²) in [6, 6.07) is 0. The first-order chi connectivity index (χ1) is 9.52. The Morgan fingerprint density at radius 2 is 2.05 bits per heavy atom. The molecule has 0 fully saturated rings. The number of aromatic nitrogens is 2. The predicted octanol–water partition coefficient (Wildman–Crippen LogP) is 4.28. The summed E-state index contributed by atoms with van der Waals surface area (Å²) >= 11 is 3.38. The predicted molar refractivity (Wildman–Crippen MR) is 90.4 cm³/mol. The lowest BCUT2D eigenvalue weighted by Gasteiger charge is -2.05. The van der Waals surface area contributed by atoms with Crippen LogP contribution in [0.1, 0.15) is 38.8 Å². The van der Waals surface area contributed by atoms with E-state index in [0.717, 1.165) is 34.6 Å². The molecule has 0 radical (unpaired) electrons. The van der Waals surface area contributed by atoms with Crippen molar-refractivity contribution < 1.29 is 0 Å². The largest absolute Gasteiger partial charge is 0.362 e. The van der Waals surface area contributed by atoms with Crippen molar-refractivity contribution in [2.24, 2.45) is 0 Å². The Morgan fingerprint density at radius 3 is 2.65 bits per heavy atom. The van der Waals surface area contributed by atoms with E-state index in [0.29, 0.717) is 5.92 Å². The minimum absolute atomic E-state index is 0.406. The Hall–Kier alpha value is -1.14. The van der Waals surface area contributed by atoms with Crippen LogP contribution >= 0.6 is 22.7 Å². The average molecular weight is 310 g/mol. The molecular weight excluding hydrogens is 288 g/mol. The summed E-state index contributed by atoms with van der Waals surface area (Å²) in [4.78, 5) is 12.7. The van der Waals surface area contributed by atoms with Crippen LogP contribution in [0.3, 0.4) is 0 Å². The van der Waals surface area contributed by atoms with Gasteiger partial charge in [0.05, 0.1) is 16.3 Å². The maximum absolute atomic E-state index is 4.75. The van der Waals surface area contributed by atoms with Gasteiger partial charge in [-0.2, -0.15) is 0 Å². The van der Waals surface area contributed by atoms with Crippen LogP contribution < -0.4 is 10.2 Å². The molecule has 2 heterocycles. The first-order valence-corrected chi connectivity index (χ1v) is 8.60. The van der Waals surface area contributed by atoms with Gasteiger partial charge in [-0.05, 0) is 12.3 Å². The van der Waals surface area contributed by atoms with Gasteiger partial charge in [0.2, 0.25) is 0 Å². The number of hydrogen-bond donors (Lipinski definition) is 1. The molecule has 0 unspecified atom stereocenters. The fraction of sp³-hybridized carbons (Fsp3) is 0.571. The van der Waals surface area contributed by atoms with E-state index >= 15 is 0 Å². The number of thiazole rings is 2. The molecule has 2 rings (SSSR count). The molecule has 110 valence electrons. The standard InChI is InChI=1S/C14H22N4S2/c1-6-7-15-13-16-10(8-19-13)12-11(9(2)3)17-14(20-12)18(4)5/h8-9H,6-7H2,1-5H3,(H,15,16). The van der Waals surface area contributed by atoms with Crippen LogP contribution in [0.2, 0.25) is 0 Å². The Morgan fingerprint density at radius 1 is 1.30 bits per heavy atom. The van der Waals surface area contributed by atoms with Crippen molar-refractivity contribution in [2.75, 3.05) is 30.9 Å². The molecule has 0 atom stereocenters. The van der Waals surface area contributed by atoms with Crippen LogP contribution in [-0.2, 0) is 0 Å². The van der Waals surface area contributed by atoms with Gasteiger partial charge in [-0.1, -0.05) is 32.1 Å². The van der Waals surface area contributed by atoms with Gasteiger partial charge in [-0.15, -0.1) is 11.3 Å². The molecule has 20 heavy (non-hydrogen) atoms. The molecule has 0 aromatic carbocycles. The van der Waals surface area contributed by atoms with Crippen molar-refractivity contribution >= 4 is 32.9 Å². The summed E-state index contributed by atoms with van der Waals surface area (Å²) in [6.07, 6.45) is 1.11. The minimum atomic E-state index is 0.406. The maximum Gasteiger partial charge on any atom is 0.185 e. The lowest BCUT2D eigenvalue weighted by atomic mass is 10.1. The van der Waals surface area contributed by atoms with E-state index in [-0.39, 0.29) is 0 Å². The van der Waals surface area contributed by atoms with Crippen molar-refractivity contribution in [3.63, 3.8) is 0 Å². The van der Waals surface area contributed by atoms with Gasteiger partial charge in [0.1, 0.15) is 0 Å². The molecule has 0 bridgehead atoms. The van der Waals surface area contributed by atoms with E-state index in [1.807, 2.05) is 14.1 Å². The molecule has 6 heteroatoms. The van der Waals surface area contributed by atoms with Gasteiger partial charge < -0.3 is 10.2 Å². The van der Waals surface area contributed by atoms with Crippen LogP contribution in [0, 0.1) is 0 Å². The molecule has 0 aliphatic carbocycles. The summed E-state index contributed by atoms with van der Waals surface area (Å²) in [5.74, 6) is 0.406. The van der Waals surface area contributed by atoms with E-state index in [2.05, 4.69) is 36.4 Å². The summed E-state index contributed by atoms with van der Waals surface area (Å²) in [5, 5.41) is 7.50. The highest BCUT2D eigenvalue weighted by Crippen LogP contribution is 2.38. The highest BCUT2D eigenvalue weighted by molar-refractivity contribution is 7.19. The number of rotatable bonds is 6. The number of nitrogens with zero attached hydrogens (tertiary/aromatic N) is 3. The summed E-state index contributed by atoms with van der Waals surface area (Å²) in [6.45, 7) is 7.49. The van der Waals surface area contributed by atoms with Crippen molar-refractivity contribution in [2.45, 2.75) is 33.1 Å². The number of anilines is 2. The third-order valence-corrected chi connectivity index (χ3v) is 4.90. The fourth-order valence-electron chi connectivity index (χ4n) is 1.78. The molecule has 4 nitrogen and oxygen atoms in total. The fourth-order valence-corrected chi connectivity index (χ4v) is 3.69. The second-order valence-electron chi connectivity index (χ2n) is 5.22. The quantitative estimate of drug-likeness (QED) is 0.864. The smallest absolute Gasteiger partial charge is 0.185 e. The third-order valence-electron chi connectivity index (χ3n) is 2.83. The molecule has 0 amide bonds. The first-order valence-electron chi connectivity index (χ1n) is 6.90. The Kier molecular flexibility index (Phi) is 4.99. The van der Waals surface area contributed by atoms with Gasteiger partial charge in [-0.3, -0.25) is 0 Å². The van der Waals surface area contributed by atoms with Crippen LogP contribution in [-0.4, -0.2) is 30.6 Å². The second-order valence-corrected chi connectivity index (χ2v) is 7.06. The maximum atomic E-state index is 4.75. The average Bonchev–Trinajstić information content (AvgIpc) is 3.02. The van der Waals surface area contributed by atoms with Crippen molar-refractivity contribution in [3.05, 3.63) is 11.1 Å². The highest BCUT2D eigenvalue weighted by atomic mass is 32.1. The van der Waals surface area contributed by atoms with Gasteiger partial charge in [0, 0.05) is 26.0 Å². The zero-order chi connectivity index (χ0) is 14.7. The van der Waals surface area contributed by atoms with Gasteiger partial charge >= 0.3 is 0 Å². The van der Waals surface area contributed by atoms with Crippen molar-refractivity contribution in [3.8, 4) is 10.6 Å². The molecule has 0 aliphatic heterocycles. The molecule has 0 saturated heterocycles. The molecule has 1 N–H and O–H groups in total. The lowest BCUT2D eigenvalue weighted by molar-refractivity contribution is 0.831. The second kappa shape index (κ2) is 6.54. The lowest BCUT2D eigenvalue weighted by Crippen LogP contribution is -2.08.